The summed E-state index contributed by atoms with van der Waals surface area (Å²) in [5, 5.41) is 7.07. The zero-order valence-corrected chi connectivity index (χ0v) is 3.26. The van der Waals surface area contributed by atoms with Gasteiger partial charge in [0.25, 0.3) is 0 Å². The molecule has 0 saturated heterocycles. The molecule has 3 nitrogen and oxygen atoms in total. The first kappa shape index (κ1) is 3.33. The number of hydrogen-bond acceptors (Lipinski definition) is 3. The lowest BCUT2D eigenvalue weighted by Crippen LogP contribution is -1.87. The molecule has 2 N–H and O–H groups in total. The molecule has 1 rings (SSSR count). The minimum Gasteiger partial charge on any atom is -0.382 e. The van der Waals surface area contributed by atoms with Gasteiger partial charge in [0.15, 0.2) is 0 Å². The molecule has 0 aliphatic carbocycles. The van der Waals surface area contributed by atoms with Crippen LogP contribution in [0.4, 0.5) is 0 Å². The van der Waals surface area contributed by atoms with Crippen molar-refractivity contribution in [2.24, 2.45) is 16.0 Å². The maximum absolute atomic E-state index is 5.14. The Morgan fingerprint density at radius 2 is 2.67 bits per heavy atom. The van der Waals surface area contributed by atoms with Gasteiger partial charge in [0.1, 0.15) is 5.82 Å². The molecular weight excluding hydrogens is 78.1 g/mol. The zero-order chi connectivity index (χ0) is 4.41. The molecule has 6 heavy (non-hydrogen) atoms. The van der Waals surface area contributed by atoms with Crippen LogP contribution in [-0.2, 0) is 0 Å². The summed E-state index contributed by atoms with van der Waals surface area (Å²) in [7, 11) is 0. The fourth-order valence-electron chi connectivity index (χ4n) is 0.298. The Hall–Kier alpha value is -0.860. The Balaban J connectivity index is 2.68. The molecule has 0 saturated carbocycles. The highest BCUT2D eigenvalue weighted by atomic mass is 15.2. The van der Waals surface area contributed by atoms with Crippen LogP contribution in [0.1, 0.15) is 0 Å². The quantitative estimate of drug-likeness (QED) is 0.448. The van der Waals surface area contributed by atoms with Crippen molar-refractivity contribution < 1.29 is 0 Å². The third-order valence-electron chi connectivity index (χ3n) is 0.568. The Morgan fingerprint density at radius 1 is 1.83 bits per heavy atom. The maximum atomic E-state index is 5.14. The lowest BCUT2D eigenvalue weighted by Gasteiger charge is -1.71. The molecule has 1 aliphatic rings. The molecule has 0 aromatic carbocycles. The predicted molar refractivity (Wildman–Crippen MR) is 22.0 cm³/mol. The fourth-order valence-corrected chi connectivity index (χ4v) is 0.298. The molecule has 0 fully saturated rings. The molecule has 32 valence electrons. The van der Waals surface area contributed by atoms with Gasteiger partial charge in [0.2, 0.25) is 0 Å². The van der Waals surface area contributed by atoms with Gasteiger partial charge in [-0.25, -0.2) is 0 Å². The van der Waals surface area contributed by atoms with E-state index < -0.39 is 0 Å². The van der Waals surface area contributed by atoms with Gasteiger partial charge < -0.3 is 5.73 Å². The fraction of sp³-hybridized carbons (Fsp3) is 0.333. The standard InChI is InChI=1S/C3H5N3/c4-3-1-2-5-6-3/h1H,2,4H2. The average molecular weight is 83.1 g/mol. The molecule has 3 heteroatoms. The lowest BCUT2D eigenvalue weighted by atomic mass is 10.6. The molecule has 0 aromatic rings. The molecule has 1 aliphatic heterocycles. The summed E-state index contributed by atoms with van der Waals surface area (Å²) in [5.41, 5.74) is 5.14. The van der Waals surface area contributed by atoms with Crippen molar-refractivity contribution in [3.63, 3.8) is 0 Å². The van der Waals surface area contributed by atoms with Gasteiger partial charge in [-0.05, 0) is 6.08 Å². The third-order valence-corrected chi connectivity index (χ3v) is 0.568. The van der Waals surface area contributed by atoms with E-state index in [1.54, 1.807) is 6.08 Å². The van der Waals surface area contributed by atoms with Gasteiger partial charge in [-0.1, -0.05) is 0 Å². The second kappa shape index (κ2) is 1.08. The second-order valence-electron chi connectivity index (χ2n) is 1.05. The normalized spacial score (nSPS) is 18.3. The molecule has 0 spiro atoms. The summed E-state index contributed by atoms with van der Waals surface area (Å²) in [5.74, 6) is 0.537. The van der Waals surface area contributed by atoms with Gasteiger partial charge in [-0.2, -0.15) is 5.11 Å². The molecule has 0 bridgehead atoms. The van der Waals surface area contributed by atoms with Crippen LogP contribution in [0.25, 0.3) is 0 Å². The van der Waals surface area contributed by atoms with E-state index in [1.807, 2.05) is 0 Å². The minimum absolute atomic E-state index is 0.537. The van der Waals surface area contributed by atoms with Gasteiger partial charge in [-0.3, -0.25) is 0 Å². The predicted octanol–water partition coefficient (Wildman–Crippen LogP) is 0.252. The molecular formula is C3H5N3. The smallest absolute Gasteiger partial charge is 0.143 e. The third kappa shape index (κ3) is 0.381. The average Bonchev–Trinajstić information content (AvgIpc) is 1.86. The Labute approximate surface area is 35.6 Å². The van der Waals surface area contributed by atoms with Crippen LogP contribution >= 0.6 is 0 Å². The Kier molecular flexibility index (Phi) is 0.602. The van der Waals surface area contributed by atoms with E-state index >= 15 is 0 Å². The van der Waals surface area contributed by atoms with E-state index in [-0.39, 0.29) is 0 Å². The van der Waals surface area contributed by atoms with E-state index in [0.717, 1.165) is 0 Å². The van der Waals surface area contributed by atoms with E-state index in [2.05, 4.69) is 10.2 Å². The summed E-state index contributed by atoms with van der Waals surface area (Å²) in [4.78, 5) is 0. The topological polar surface area (TPSA) is 50.7 Å². The van der Waals surface area contributed by atoms with E-state index in [1.165, 1.54) is 0 Å². The highest BCUT2D eigenvalue weighted by Gasteiger charge is 1.88. The monoisotopic (exact) mass is 83.0 g/mol. The summed E-state index contributed by atoms with van der Waals surface area (Å²) in [6.07, 6.45) is 1.76. The molecule has 0 amide bonds. The summed E-state index contributed by atoms with van der Waals surface area (Å²) in [6, 6.07) is 0. The van der Waals surface area contributed by atoms with Gasteiger partial charge in [0, 0.05) is 0 Å². The summed E-state index contributed by atoms with van der Waals surface area (Å²) < 4.78 is 0. The van der Waals surface area contributed by atoms with Gasteiger partial charge in [0.05, 0.1) is 6.54 Å². The van der Waals surface area contributed by atoms with Crippen molar-refractivity contribution in [2.75, 3.05) is 6.54 Å². The van der Waals surface area contributed by atoms with Crippen LogP contribution in [0.3, 0.4) is 0 Å². The van der Waals surface area contributed by atoms with Crippen molar-refractivity contribution >= 4 is 0 Å². The van der Waals surface area contributed by atoms with Crippen LogP contribution in [0.15, 0.2) is 22.1 Å². The van der Waals surface area contributed by atoms with Crippen LogP contribution in [0.2, 0.25) is 0 Å². The second-order valence-corrected chi connectivity index (χ2v) is 1.05. The first-order valence-corrected chi connectivity index (χ1v) is 1.73. The zero-order valence-electron chi connectivity index (χ0n) is 3.26. The number of rotatable bonds is 0. The van der Waals surface area contributed by atoms with Crippen LogP contribution in [0.5, 0.6) is 0 Å². The first-order valence-electron chi connectivity index (χ1n) is 1.73. The SMILES string of the molecule is NC1=CCN=N1. The van der Waals surface area contributed by atoms with Gasteiger partial charge >= 0.3 is 0 Å². The Bertz CT molecular complexity index is 99.9. The Morgan fingerprint density at radius 3 is 2.83 bits per heavy atom. The highest BCUT2D eigenvalue weighted by molar-refractivity contribution is 4.98. The van der Waals surface area contributed by atoms with E-state index in [4.69, 9.17) is 5.73 Å². The number of azo groups is 1. The first-order chi connectivity index (χ1) is 2.89. The van der Waals surface area contributed by atoms with Crippen LogP contribution in [0, 0.1) is 0 Å². The van der Waals surface area contributed by atoms with E-state index in [9.17, 15) is 0 Å². The maximum Gasteiger partial charge on any atom is 0.143 e. The van der Waals surface area contributed by atoms with Crippen molar-refractivity contribution in [1.29, 1.82) is 0 Å². The van der Waals surface area contributed by atoms with Crippen molar-refractivity contribution in [3.8, 4) is 0 Å². The largest absolute Gasteiger partial charge is 0.382 e. The molecule has 0 unspecified atom stereocenters. The van der Waals surface area contributed by atoms with E-state index in [0.29, 0.717) is 12.4 Å². The summed E-state index contributed by atoms with van der Waals surface area (Å²) in [6.45, 7) is 0.659. The van der Waals surface area contributed by atoms with Crippen molar-refractivity contribution in [3.05, 3.63) is 11.9 Å². The number of hydrogen-bond donors (Lipinski definition) is 1. The molecule has 0 aromatic heterocycles. The molecule has 0 atom stereocenters. The lowest BCUT2D eigenvalue weighted by molar-refractivity contribution is 1.09. The van der Waals surface area contributed by atoms with Crippen LogP contribution in [-0.4, -0.2) is 6.54 Å². The number of nitrogens with two attached hydrogens (primary N) is 1. The van der Waals surface area contributed by atoms with Crippen molar-refractivity contribution in [1.82, 2.24) is 0 Å². The van der Waals surface area contributed by atoms with Gasteiger partial charge in [-0.15, -0.1) is 5.11 Å². The molecule has 1 heterocycles. The minimum atomic E-state index is 0.537. The molecule has 0 radical (unpaired) electrons. The van der Waals surface area contributed by atoms with Crippen molar-refractivity contribution in [2.45, 2.75) is 0 Å². The highest BCUT2D eigenvalue weighted by Crippen LogP contribution is 1.94. The summed E-state index contributed by atoms with van der Waals surface area (Å²) >= 11 is 0. The number of nitrogens with zero attached hydrogens (tertiary/aromatic N) is 2. The van der Waals surface area contributed by atoms with Crippen LogP contribution < -0.4 is 5.73 Å².